The first-order chi connectivity index (χ1) is 13.4. The quantitative estimate of drug-likeness (QED) is 0.825. The number of aromatic nitrogens is 1. The third-order valence-electron chi connectivity index (χ3n) is 5.68. The Morgan fingerprint density at radius 1 is 1.21 bits per heavy atom. The highest BCUT2D eigenvalue weighted by atomic mass is 16.5. The maximum Gasteiger partial charge on any atom is 0.268 e. The van der Waals surface area contributed by atoms with Crippen molar-refractivity contribution in [2.24, 2.45) is 0 Å². The molecule has 3 rings (SSSR count). The van der Waals surface area contributed by atoms with E-state index in [1.54, 1.807) is 0 Å². The van der Waals surface area contributed by atoms with Crippen LogP contribution in [-0.2, 0) is 11.3 Å². The van der Waals surface area contributed by atoms with Gasteiger partial charge in [0.15, 0.2) is 0 Å². The predicted molar refractivity (Wildman–Crippen MR) is 114 cm³/mol. The van der Waals surface area contributed by atoms with Crippen molar-refractivity contribution in [2.45, 2.75) is 53.6 Å². The predicted octanol–water partition coefficient (Wildman–Crippen LogP) is 3.83. The lowest BCUT2D eigenvalue weighted by atomic mass is 10.1. The SMILES string of the molecule is CCC(C)NC(=O)c1c(C)c(N2CCOCC2)c(C)n1Cc1cccc(C)c1. The zero-order valence-electron chi connectivity index (χ0n) is 17.8. The fourth-order valence-corrected chi connectivity index (χ4v) is 4.01. The van der Waals surface area contributed by atoms with Crippen LogP contribution in [0.3, 0.4) is 0 Å². The molecule has 1 atom stereocenters. The van der Waals surface area contributed by atoms with Gasteiger partial charge in [0.1, 0.15) is 5.69 Å². The molecule has 5 nitrogen and oxygen atoms in total. The van der Waals surface area contributed by atoms with E-state index in [2.05, 4.69) is 73.7 Å². The summed E-state index contributed by atoms with van der Waals surface area (Å²) >= 11 is 0. The zero-order valence-corrected chi connectivity index (χ0v) is 17.8. The van der Waals surface area contributed by atoms with Gasteiger partial charge in [-0.2, -0.15) is 0 Å². The van der Waals surface area contributed by atoms with Crippen LogP contribution in [0.15, 0.2) is 24.3 Å². The Balaban J connectivity index is 2.05. The summed E-state index contributed by atoms with van der Waals surface area (Å²) in [6, 6.07) is 8.67. The molecule has 1 aromatic heterocycles. The van der Waals surface area contributed by atoms with Crippen LogP contribution in [-0.4, -0.2) is 42.8 Å². The third-order valence-corrected chi connectivity index (χ3v) is 5.68. The van der Waals surface area contributed by atoms with Gasteiger partial charge in [0.25, 0.3) is 5.91 Å². The number of nitrogens with zero attached hydrogens (tertiary/aromatic N) is 2. The lowest BCUT2D eigenvalue weighted by molar-refractivity contribution is 0.0929. The molecule has 1 unspecified atom stereocenters. The lowest BCUT2D eigenvalue weighted by Gasteiger charge is -2.29. The second kappa shape index (κ2) is 8.82. The highest BCUT2D eigenvalue weighted by Gasteiger charge is 2.27. The highest BCUT2D eigenvalue weighted by molar-refractivity contribution is 5.96. The Morgan fingerprint density at radius 2 is 1.93 bits per heavy atom. The molecular weight excluding hydrogens is 350 g/mol. The van der Waals surface area contributed by atoms with Gasteiger partial charge in [0.05, 0.1) is 18.9 Å². The van der Waals surface area contributed by atoms with Crippen molar-refractivity contribution in [3.63, 3.8) is 0 Å². The topological polar surface area (TPSA) is 46.5 Å². The van der Waals surface area contributed by atoms with Crippen molar-refractivity contribution in [1.29, 1.82) is 0 Å². The largest absolute Gasteiger partial charge is 0.378 e. The maximum atomic E-state index is 13.2. The molecule has 2 aromatic rings. The van der Waals surface area contributed by atoms with Crippen molar-refractivity contribution in [3.8, 4) is 0 Å². The Hall–Kier alpha value is -2.27. The monoisotopic (exact) mass is 383 g/mol. The van der Waals surface area contributed by atoms with E-state index in [0.29, 0.717) is 6.54 Å². The first kappa shape index (κ1) is 20.5. The fraction of sp³-hybridized carbons (Fsp3) is 0.522. The van der Waals surface area contributed by atoms with Gasteiger partial charge in [-0.1, -0.05) is 36.8 Å². The van der Waals surface area contributed by atoms with E-state index in [-0.39, 0.29) is 11.9 Å². The molecule has 1 amide bonds. The van der Waals surface area contributed by atoms with Gasteiger partial charge >= 0.3 is 0 Å². The molecule has 152 valence electrons. The highest BCUT2D eigenvalue weighted by Crippen LogP contribution is 2.32. The third kappa shape index (κ3) is 4.25. The first-order valence-electron chi connectivity index (χ1n) is 10.3. The van der Waals surface area contributed by atoms with Gasteiger partial charge in [0.2, 0.25) is 0 Å². The molecule has 0 aliphatic carbocycles. The smallest absolute Gasteiger partial charge is 0.268 e. The summed E-state index contributed by atoms with van der Waals surface area (Å²) in [5.74, 6) is 0.0158. The molecule has 1 aliphatic rings. The molecule has 1 aromatic carbocycles. The van der Waals surface area contributed by atoms with E-state index < -0.39 is 0 Å². The maximum absolute atomic E-state index is 13.2. The van der Waals surface area contributed by atoms with Crippen LogP contribution in [0, 0.1) is 20.8 Å². The van der Waals surface area contributed by atoms with Crippen molar-refractivity contribution >= 4 is 11.6 Å². The van der Waals surface area contributed by atoms with E-state index in [0.717, 1.165) is 49.7 Å². The summed E-state index contributed by atoms with van der Waals surface area (Å²) in [5.41, 5.74) is 6.62. The number of anilines is 1. The van der Waals surface area contributed by atoms with Crippen LogP contribution in [0.5, 0.6) is 0 Å². The van der Waals surface area contributed by atoms with E-state index in [1.165, 1.54) is 16.8 Å². The van der Waals surface area contributed by atoms with Crippen LogP contribution in [0.2, 0.25) is 0 Å². The summed E-state index contributed by atoms with van der Waals surface area (Å²) in [6.45, 7) is 14.3. The number of hydrogen-bond donors (Lipinski definition) is 1. The second-order valence-corrected chi connectivity index (χ2v) is 7.86. The molecule has 2 heterocycles. The van der Waals surface area contributed by atoms with Crippen molar-refractivity contribution < 1.29 is 9.53 Å². The minimum Gasteiger partial charge on any atom is -0.378 e. The molecular formula is C23H33N3O2. The first-order valence-corrected chi connectivity index (χ1v) is 10.3. The van der Waals surface area contributed by atoms with Crippen LogP contribution in [0.1, 0.15) is 53.1 Å². The van der Waals surface area contributed by atoms with Crippen LogP contribution in [0.25, 0.3) is 0 Å². The van der Waals surface area contributed by atoms with Crippen LogP contribution in [0.4, 0.5) is 5.69 Å². The van der Waals surface area contributed by atoms with Gasteiger partial charge in [-0.15, -0.1) is 0 Å². The Kier molecular flexibility index (Phi) is 6.45. The number of rotatable bonds is 6. The fourth-order valence-electron chi connectivity index (χ4n) is 4.01. The van der Waals surface area contributed by atoms with Gasteiger partial charge in [-0.3, -0.25) is 4.79 Å². The molecule has 0 spiro atoms. The Morgan fingerprint density at radius 3 is 2.57 bits per heavy atom. The Bertz CT molecular complexity index is 835. The van der Waals surface area contributed by atoms with Gasteiger partial charge in [-0.25, -0.2) is 0 Å². The molecule has 0 radical (unpaired) electrons. The van der Waals surface area contributed by atoms with Gasteiger partial charge < -0.3 is 19.5 Å². The van der Waals surface area contributed by atoms with Gasteiger partial charge in [0, 0.05) is 36.9 Å². The molecule has 1 N–H and O–H groups in total. The summed E-state index contributed by atoms with van der Waals surface area (Å²) in [6.07, 6.45) is 0.915. The molecule has 1 saturated heterocycles. The number of hydrogen-bond acceptors (Lipinski definition) is 3. The number of amides is 1. The summed E-state index contributed by atoms with van der Waals surface area (Å²) < 4.78 is 7.72. The minimum atomic E-state index is 0.0158. The normalized spacial score (nSPS) is 15.5. The van der Waals surface area contributed by atoms with Crippen molar-refractivity contribution in [2.75, 3.05) is 31.2 Å². The zero-order chi connectivity index (χ0) is 20.3. The lowest BCUT2D eigenvalue weighted by Crippen LogP contribution is -2.37. The minimum absolute atomic E-state index is 0.0158. The molecule has 1 aliphatic heterocycles. The summed E-state index contributed by atoms with van der Waals surface area (Å²) in [4.78, 5) is 15.5. The molecule has 5 heteroatoms. The Labute approximate surface area is 168 Å². The van der Waals surface area contributed by atoms with Crippen molar-refractivity contribution in [3.05, 3.63) is 52.3 Å². The molecule has 0 bridgehead atoms. The van der Waals surface area contributed by atoms with E-state index >= 15 is 0 Å². The molecule has 0 saturated carbocycles. The molecule has 28 heavy (non-hydrogen) atoms. The average molecular weight is 384 g/mol. The van der Waals surface area contributed by atoms with Crippen LogP contribution >= 0.6 is 0 Å². The summed E-state index contributed by atoms with van der Waals surface area (Å²) in [5, 5.41) is 3.16. The number of morpholine rings is 1. The number of carbonyl (C=O) groups is 1. The van der Waals surface area contributed by atoms with E-state index in [1.807, 2.05) is 0 Å². The molecule has 1 fully saturated rings. The van der Waals surface area contributed by atoms with Crippen LogP contribution < -0.4 is 10.2 Å². The number of aryl methyl sites for hydroxylation is 1. The van der Waals surface area contributed by atoms with Crippen molar-refractivity contribution in [1.82, 2.24) is 9.88 Å². The van der Waals surface area contributed by atoms with Gasteiger partial charge in [-0.05, 0) is 39.7 Å². The number of nitrogens with one attached hydrogen (secondary N) is 1. The second-order valence-electron chi connectivity index (χ2n) is 7.86. The van der Waals surface area contributed by atoms with E-state index in [9.17, 15) is 4.79 Å². The summed E-state index contributed by atoms with van der Waals surface area (Å²) in [7, 11) is 0. The average Bonchev–Trinajstić information content (AvgIpc) is 2.92. The number of benzene rings is 1. The standard InChI is InChI=1S/C23H33N3O2/c1-6-17(3)24-23(27)22-18(4)21(25-10-12-28-13-11-25)19(5)26(22)15-20-9-7-8-16(2)14-20/h7-9,14,17H,6,10-13,15H2,1-5H3,(H,24,27). The van der Waals surface area contributed by atoms with E-state index in [4.69, 9.17) is 4.74 Å². The number of carbonyl (C=O) groups excluding carboxylic acids is 1. The number of ether oxygens (including phenoxy) is 1.